The van der Waals surface area contributed by atoms with Crippen molar-refractivity contribution in [2.24, 2.45) is 0 Å². The maximum absolute atomic E-state index is 6.63. The van der Waals surface area contributed by atoms with E-state index in [1.807, 2.05) is 40.9 Å². The van der Waals surface area contributed by atoms with Gasteiger partial charge in [-0.15, -0.1) is 22.7 Å². The van der Waals surface area contributed by atoms with Crippen molar-refractivity contribution in [2.75, 3.05) is 4.90 Å². The quantitative estimate of drug-likeness (QED) is 0.186. The summed E-state index contributed by atoms with van der Waals surface area (Å²) in [7, 11) is 0. The third-order valence-corrected chi connectivity index (χ3v) is 11.5. The second-order valence-corrected chi connectivity index (χ2v) is 14.0. The zero-order chi connectivity index (χ0) is 31.6. The molecule has 226 valence electrons. The van der Waals surface area contributed by atoms with Gasteiger partial charge in [-0.25, -0.2) is 4.98 Å². The zero-order valence-electron chi connectivity index (χ0n) is 25.6. The largest absolute Gasteiger partial charge is 0.435 e. The predicted octanol–water partition coefficient (Wildman–Crippen LogP) is 13.4. The van der Waals surface area contributed by atoms with Gasteiger partial charge in [0.15, 0.2) is 5.58 Å². The van der Waals surface area contributed by atoms with E-state index in [4.69, 9.17) is 9.40 Å². The van der Waals surface area contributed by atoms with Crippen LogP contribution in [0.25, 0.3) is 74.0 Å². The van der Waals surface area contributed by atoms with Gasteiger partial charge in [0.2, 0.25) is 5.89 Å². The van der Waals surface area contributed by atoms with E-state index in [-0.39, 0.29) is 0 Å². The van der Waals surface area contributed by atoms with Crippen LogP contribution in [0.2, 0.25) is 0 Å². The number of nitrogens with zero attached hydrogens (tertiary/aromatic N) is 2. The van der Waals surface area contributed by atoms with Gasteiger partial charge in [0.1, 0.15) is 5.52 Å². The highest BCUT2D eigenvalue weighted by Crippen LogP contribution is 2.51. The number of thiophene rings is 2. The van der Waals surface area contributed by atoms with Crippen molar-refractivity contribution in [1.29, 1.82) is 0 Å². The fourth-order valence-electron chi connectivity index (χ4n) is 6.88. The lowest BCUT2D eigenvalue weighted by atomic mass is 10.0. The van der Waals surface area contributed by atoms with Crippen molar-refractivity contribution >= 4 is 91.2 Å². The lowest BCUT2D eigenvalue weighted by Gasteiger charge is -2.27. The Balaban J connectivity index is 1.29. The molecule has 0 atom stereocenters. The number of hydrogen-bond acceptors (Lipinski definition) is 5. The van der Waals surface area contributed by atoms with E-state index in [0.29, 0.717) is 5.89 Å². The van der Waals surface area contributed by atoms with Gasteiger partial charge in [0.25, 0.3) is 0 Å². The van der Waals surface area contributed by atoms with Crippen molar-refractivity contribution < 1.29 is 4.42 Å². The van der Waals surface area contributed by atoms with E-state index in [2.05, 4.69) is 144 Å². The van der Waals surface area contributed by atoms with E-state index in [1.165, 1.54) is 46.1 Å². The van der Waals surface area contributed by atoms with Gasteiger partial charge >= 0.3 is 0 Å². The summed E-state index contributed by atoms with van der Waals surface area (Å²) in [4.78, 5) is 7.55. The molecule has 0 aliphatic carbocycles. The molecule has 0 fully saturated rings. The molecule has 0 saturated carbocycles. The normalized spacial score (nSPS) is 11.8. The molecule has 0 N–H and O–H groups in total. The highest BCUT2D eigenvalue weighted by molar-refractivity contribution is 7.27. The third-order valence-electron chi connectivity index (χ3n) is 9.10. The van der Waals surface area contributed by atoms with Crippen molar-refractivity contribution in [3.63, 3.8) is 0 Å². The van der Waals surface area contributed by atoms with Crippen LogP contribution in [-0.2, 0) is 0 Å². The highest BCUT2D eigenvalue weighted by atomic mass is 32.1. The first-order valence-corrected chi connectivity index (χ1v) is 17.6. The molecular weight excluding hydrogens is 625 g/mol. The Morgan fingerprint density at radius 3 is 1.85 bits per heavy atom. The van der Waals surface area contributed by atoms with Crippen LogP contribution in [0.3, 0.4) is 0 Å². The number of oxazole rings is 1. The summed E-state index contributed by atoms with van der Waals surface area (Å²) in [6.07, 6.45) is 0. The summed E-state index contributed by atoms with van der Waals surface area (Å²) in [6.45, 7) is 0. The predicted molar refractivity (Wildman–Crippen MR) is 205 cm³/mol. The highest BCUT2D eigenvalue weighted by Gasteiger charge is 2.25. The first-order chi connectivity index (χ1) is 23.8. The number of fused-ring (bicyclic) bond motifs is 8. The average molecular weight is 651 g/mol. The maximum Gasteiger partial charge on any atom is 0.227 e. The number of hydrogen-bond donors (Lipinski definition) is 0. The fourth-order valence-corrected chi connectivity index (χ4v) is 9.29. The summed E-state index contributed by atoms with van der Waals surface area (Å²) in [6, 6.07) is 55.9. The van der Waals surface area contributed by atoms with Crippen LogP contribution in [0.4, 0.5) is 17.1 Å². The summed E-state index contributed by atoms with van der Waals surface area (Å²) in [5.41, 5.74) is 8.34. The molecule has 48 heavy (non-hydrogen) atoms. The minimum atomic E-state index is 0.629. The molecular formula is C43H26N2OS2. The van der Waals surface area contributed by atoms with Gasteiger partial charge in [0, 0.05) is 42.2 Å². The molecule has 7 aromatic carbocycles. The minimum Gasteiger partial charge on any atom is -0.435 e. The van der Waals surface area contributed by atoms with Gasteiger partial charge in [-0.1, -0.05) is 109 Å². The maximum atomic E-state index is 6.63. The minimum absolute atomic E-state index is 0.629. The third kappa shape index (κ3) is 4.29. The van der Waals surface area contributed by atoms with E-state index in [1.54, 1.807) is 0 Å². The molecule has 0 aliphatic heterocycles. The molecule has 10 aromatic rings. The van der Waals surface area contributed by atoms with Crippen molar-refractivity contribution in [3.8, 4) is 22.6 Å². The van der Waals surface area contributed by atoms with E-state index in [9.17, 15) is 0 Å². The van der Waals surface area contributed by atoms with E-state index in [0.717, 1.165) is 39.1 Å². The Morgan fingerprint density at radius 1 is 0.479 bits per heavy atom. The zero-order valence-corrected chi connectivity index (χ0v) is 27.3. The lowest BCUT2D eigenvalue weighted by Crippen LogP contribution is -2.10. The smallest absolute Gasteiger partial charge is 0.227 e. The molecule has 5 heteroatoms. The van der Waals surface area contributed by atoms with Gasteiger partial charge in [0.05, 0.1) is 20.8 Å². The van der Waals surface area contributed by atoms with Crippen LogP contribution in [0.1, 0.15) is 0 Å². The second kappa shape index (κ2) is 10.9. The lowest BCUT2D eigenvalue weighted by molar-refractivity contribution is 0.623. The Bertz CT molecular complexity index is 2780. The van der Waals surface area contributed by atoms with Crippen molar-refractivity contribution in [3.05, 3.63) is 158 Å². The number of rotatable bonds is 5. The van der Waals surface area contributed by atoms with Crippen LogP contribution >= 0.6 is 22.7 Å². The molecule has 3 aromatic heterocycles. The molecule has 0 spiro atoms. The Kier molecular flexibility index (Phi) is 6.22. The van der Waals surface area contributed by atoms with Crippen LogP contribution < -0.4 is 4.90 Å². The topological polar surface area (TPSA) is 29.3 Å². The molecule has 0 bridgehead atoms. The number of anilines is 3. The molecule has 0 unspecified atom stereocenters. The second-order valence-electron chi connectivity index (χ2n) is 11.9. The summed E-state index contributed by atoms with van der Waals surface area (Å²) >= 11 is 3.66. The molecule has 3 nitrogen and oxygen atoms in total. The molecule has 0 saturated heterocycles. The van der Waals surface area contributed by atoms with Crippen LogP contribution in [0.5, 0.6) is 0 Å². The first-order valence-electron chi connectivity index (χ1n) is 16.0. The van der Waals surface area contributed by atoms with Crippen molar-refractivity contribution in [1.82, 2.24) is 4.98 Å². The molecule has 3 heterocycles. The standard InChI is InChI=1S/C43H26N2OS2/c1-3-12-27(13-4-1)28-22-24-30(25-23-28)45(35-19-11-18-32-31-16-7-9-20-37(31)47-41(32)35)36-26-34-40(46-43(44-34)29-14-5-2-6-15-29)39-33-17-8-10-21-38(33)48-42(36)39/h1-26H. The number of benzene rings is 7. The molecule has 0 aliphatic rings. The Hall–Kier alpha value is -5.75. The average Bonchev–Trinajstić information content (AvgIpc) is 3.87. The molecule has 0 amide bonds. The fraction of sp³-hybridized carbons (Fsp3) is 0. The van der Waals surface area contributed by atoms with E-state index < -0.39 is 0 Å². The Labute approximate surface area is 284 Å². The van der Waals surface area contributed by atoms with Gasteiger partial charge in [-0.05, 0) is 59.7 Å². The van der Waals surface area contributed by atoms with Crippen LogP contribution in [-0.4, -0.2) is 4.98 Å². The molecule has 0 radical (unpaired) electrons. The van der Waals surface area contributed by atoms with Crippen LogP contribution in [0.15, 0.2) is 162 Å². The SMILES string of the molecule is c1ccc(-c2ccc(N(c3cccc4c3sc3ccccc34)c3cc4nc(-c5ccccc5)oc4c4c3sc3ccccc34)cc2)cc1. The van der Waals surface area contributed by atoms with Gasteiger partial charge in [-0.2, -0.15) is 0 Å². The number of aromatic nitrogens is 1. The van der Waals surface area contributed by atoms with Gasteiger partial charge < -0.3 is 9.32 Å². The van der Waals surface area contributed by atoms with Crippen molar-refractivity contribution in [2.45, 2.75) is 0 Å². The summed E-state index contributed by atoms with van der Waals surface area (Å²) in [5, 5.41) is 4.83. The monoisotopic (exact) mass is 650 g/mol. The van der Waals surface area contributed by atoms with Gasteiger partial charge in [-0.3, -0.25) is 0 Å². The Morgan fingerprint density at radius 2 is 1.08 bits per heavy atom. The summed E-state index contributed by atoms with van der Waals surface area (Å²) < 4.78 is 11.6. The van der Waals surface area contributed by atoms with E-state index >= 15 is 0 Å². The summed E-state index contributed by atoms with van der Waals surface area (Å²) in [5.74, 6) is 0.629. The van der Waals surface area contributed by atoms with Crippen LogP contribution in [0, 0.1) is 0 Å². The first kappa shape index (κ1) is 27.4. The molecule has 10 rings (SSSR count).